The quantitative estimate of drug-likeness (QED) is 0.445. The zero-order valence-electron chi connectivity index (χ0n) is 18.1. The average molecular weight is 502 g/mol. The lowest BCUT2D eigenvalue weighted by atomic mass is 10.3. The van der Waals surface area contributed by atoms with Crippen LogP contribution in [-0.4, -0.2) is 81.0 Å². The molecule has 0 spiro atoms. The fourth-order valence-electron chi connectivity index (χ4n) is 3.63. The molecule has 1 aliphatic rings. The average Bonchev–Trinajstić information content (AvgIpc) is 3.42. The summed E-state index contributed by atoms with van der Waals surface area (Å²) in [7, 11) is 1.35. The monoisotopic (exact) mass is 501 g/mol. The Morgan fingerprint density at radius 3 is 2.85 bits per heavy atom. The Balaban J connectivity index is 1.24. The zero-order chi connectivity index (χ0) is 23.7. The molecule has 1 saturated heterocycles. The summed E-state index contributed by atoms with van der Waals surface area (Å²) in [6, 6.07) is 4.89. The van der Waals surface area contributed by atoms with Gasteiger partial charge in [0.2, 0.25) is 11.7 Å². The van der Waals surface area contributed by atoms with Crippen molar-refractivity contribution in [2.45, 2.75) is 9.92 Å². The normalized spacial score (nSPS) is 14.6. The number of methoxy groups -OCH3 is 1. The molecule has 13 heteroatoms. The second kappa shape index (κ2) is 9.52. The highest BCUT2D eigenvalue weighted by molar-refractivity contribution is 7.99. The maximum Gasteiger partial charge on any atom is 0.409 e. The number of carbonyl (C=O) groups is 2. The summed E-state index contributed by atoms with van der Waals surface area (Å²) in [4.78, 5) is 40.9. The fourth-order valence-corrected chi connectivity index (χ4v) is 5.52. The topological polar surface area (TPSA) is 105 Å². The molecule has 0 atom stereocenters. The third-order valence-corrected chi connectivity index (χ3v) is 7.31. The summed E-state index contributed by atoms with van der Waals surface area (Å²) in [6.45, 7) is 2.34. The number of carbonyl (C=O) groups excluding carboxylic acids is 2. The second-order valence-electron chi connectivity index (χ2n) is 7.54. The summed E-state index contributed by atoms with van der Waals surface area (Å²) >= 11 is 2.54. The second-order valence-corrected chi connectivity index (χ2v) is 9.63. The molecule has 1 N–H and O–H groups in total. The Hall–Kier alpha value is -3.29. The van der Waals surface area contributed by atoms with Crippen molar-refractivity contribution in [2.75, 3.05) is 45.2 Å². The van der Waals surface area contributed by atoms with Crippen molar-refractivity contribution < 1.29 is 18.7 Å². The number of nitrogens with zero attached hydrogens (tertiary/aromatic N) is 6. The minimum absolute atomic E-state index is 0.183. The molecule has 10 nitrogen and oxygen atoms in total. The molecule has 2 amide bonds. The lowest BCUT2D eigenvalue weighted by molar-refractivity contribution is -0.117. The van der Waals surface area contributed by atoms with E-state index in [0.717, 1.165) is 9.73 Å². The number of rotatable bonds is 5. The molecular formula is C21H20FN7O3S2. The molecule has 1 aromatic carbocycles. The van der Waals surface area contributed by atoms with Gasteiger partial charge < -0.3 is 15.0 Å². The Bertz CT molecular complexity index is 1370. The SMILES string of the molecule is COC(=O)N1CCN(CC(=O)Nc2nc3cc(F)c(Sc4cnc5ncccn45)cc3s2)CC1. The van der Waals surface area contributed by atoms with Gasteiger partial charge in [-0.3, -0.25) is 14.1 Å². The van der Waals surface area contributed by atoms with Crippen LogP contribution in [0.15, 0.2) is 46.7 Å². The minimum atomic E-state index is -0.400. The first-order valence-corrected chi connectivity index (χ1v) is 12.0. The number of halogens is 1. The summed E-state index contributed by atoms with van der Waals surface area (Å²) < 4.78 is 22.1. The molecule has 34 heavy (non-hydrogen) atoms. The Kier molecular flexibility index (Phi) is 6.30. The van der Waals surface area contributed by atoms with E-state index in [1.54, 1.807) is 33.8 Å². The number of thiazole rings is 1. The van der Waals surface area contributed by atoms with Crippen LogP contribution in [0.4, 0.5) is 14.3 Å². The number of hydrogen-bond donors (Lipinski definition) is 1. The van der Waals surface area contributed by atoms with E-state index in [2.05, 4.69) is 20.3 Å². The zero-order valence-corrected chi connectivity index (χ0v) is 19.7. The molecule has 1 aliphatic heterocycles. The van der Waals surface area contributed by atoms with Crippen LogP contribution < -0.4 is 5.32 Å². The smallest absolute Gasteiger partial charge is 0.409 e. The van der Waals surface area contributed by atoms with E-state index >= 15 is 0 Å². The largest absolute Gasteiger partial charge is 0.453 e. The standard InChI is InChI=1S/C21H20FN7O3S2/c1-32-21(31)28-7-5-27(6-8-28)12-17(30)26-20-25-14-9-13(22)15(10-16(14)34-20)33-18-11-24-19-23-3-2-4-29(18)19/h2-4,9-11H,5-8,12H2,1H3,(H,25,26,30). The first-order valence-electron chi connectivity index (χ1n) is 10.4. The first kappa shape index (κ1) is 22.5. The highest BCUT2D eigenvalue weighted by Gasteiger charge is 2.23. The van der Waals surface area contributed by atoms with Gasteiger partial charge in [-0.25, -0.2) is 24.1 Å². The number of piperazine rings is 1. The van der Waals surface area contributed by atoms with Crippen molar-refractivity contribution in [1.82, 2.24) is 29.2 Å². The summed E-state index contributed by atoms with van der Waals surface area (Å²) in [5, 5.41) is 3.96. The molecular weight excluding hydrogens is 481 g/mol. The Labute approximate surface area is 201 Å². The lowest BCUT2D eigenvalue weighted by Gasteiger charge is -2.33. The number of fused-ring (bicyclic) bond motifs is 2. The molecule has 0 saturated carbocycles. The number of hydrogen-bond acceptors (Lipinski definition) is 9. The molecule has 176 valence electrons. The van der Waals surface area contributed by atoms with Gasteiger partial charge in [0, 0.05) is 44.6 Å². The van der Waals surface area contributed by atoms with Crippen molar-refractivity contribution in [3.8, 4) is 0 Å². The molecule has 4 heterocycles. The van der Waals surface area contributed by atoms with Gasteiger partial charge in [0.1, 0.15) is 10.8 Å². The van der Waals surface area contributed by atoms with E-state index in [9.17, 15) is 14.0 Å². The van der Waals surface area contributed by atoms with Gasteiger partial charge >= 0.3 is 6.09 Å². The fraction of sp³-hybridized carbons (Fsp3) is 0.286. The lowest BCUT2D eigenvalue weighted by Crippen LogP contribution is -2.50. The van der Waals surface area contributed by atoms with E-state index in [1.807, 2.05) is 11.1 Å². The van der Waals surface area contributed by atoms with Gasteiger partial charge in [-0.1, -0.05) is 23.1 Å². The molecule has 3 aromatic heterocycles. The van der Waals surface area contributed by atoms with Crippen LogP contribution in [0.1, 0.15) is 0 Å². The van der Waals surface area contributed by atoms with Crippen molar-refractivity contribution in [2.24, 2.45) is 0 Å². The highest BCUT2D eigenvalue weighted by Crippen LogP contribution is 2.35. The predicted octanol–water partition coefficient (Wildman–Crippen LogP) is 2.95. The van der Waals surface area contributed by atoms with Crippen LogP contribution in [0.2, 0.25) is 0 Å². The maximum atomic E-state index is 14.8. The van der Waals surface area contributed by atoms with E-state index in [0.29, 0.717) is 47.5 Å². The number of imidazole rings is 1. The molecule has 1 fully saturated rings. The van der Waals surface area contributed by atoms with Crippen LogP contribution in [0, 0.1) is 5.82 Å². The Morgan fingerprint density at radius 1 is 1.24 bits per heavy atom. The Morgan fingerprint density at radius 2 is 2.06 bits per heavy atom. The van der Waals surface area contributed by atoms with E-state index < -0.39 is 5.82 Å². The molecule has 0 radical (unpaired) electrons. The van der Waals surface area contributed by atoms with Crippen LogP contribution in [0.5, 0.6) is 0 Å². The van der Waals surface area contributed by atoms with E-state index in [-0.39, 0.29) is 18.5 Å². The van der Waals surface area contributed by atoms with E-state index in [1.165, 1.54) is 36.3 Å². The third-order valence-electron chi connectivity index (χ3n) is 5.33. The van der Waals surface area contributed by atoms with Crippen LogP contribution in [0.25, 0.3) is 16.0 Å². The van der Waals surface area contributed by atoms with Gasteiger partial charge in [0.15, 0.2) is 5.13 Å². The minimum Gasteiger partial charge on any atom is -0.453 e. The van der Waals surface area contributed by atoms with Crippen molar-refractivity contribution in [3.63, 3.8) is 0 Å². The number of benzene rings is 1. The third kappa shape index (κ3) is 4.67. The predicted molar refractivity (Wildman–Crippen MR) is 126 cm³/mol. The van der Waals surface area contributed by atoms with Crippen LogP contribution in [0.3, 0.4) is 0 Å². The molecule has 0 aliphatic carbocycles. The van der Waals surface area contributed by atoms with Crippen LogP contribution >= 0.6 is 23.1 Å². The maximum absolute atomic E-state index is 14.8. The highest BCUT2D eigenvalue weighted by atomic mass is 32.2. The molecule has 0 bridgehead atoms. The molecule has 0 unspecified atom stereocenters. The summed E-state index contributed by atoms with van der Waals surface area (Å²) in [6.07, 6.45) is 4.77. The number of aromatic nitrogens is 4. The van der Waals surface area contributed by atoms with Gasteiger partial charge in [-0.05, 0) is 12.1 Å². The number of amides is 2. The number of nitrogens with one attached hydrogen (secondary N) is 1. The molecule has 5 rings (SSSR count). The summed E-state index contributed by atoms with van der Waals surface area (Å²) in [5.41, 5.74) is 0.480. The van der Waals surface area contributed by atoms with E-state index in [4.69, 9.17) is 4.74 Å². The number of anilines is 1. The van der Waals surface area contributed by atoms with Gasteiger partial charge in [0.25, 0.3) is 0 Å². The first-order chi connectivity index (χ1) is 16.5. The summed E-state index contributed by atoms with van der Waals surface area (Å²) in [5.74, 6) is -0.0668. The number of ether oxygens (including phenoxy) is 1. The van der Waals surface area contributed by atoms with Crippen molar-refractivity contribution in [3.05, 3.63) is 42.6 Å². The van der Waals surface area contributed by atoms with Gasteiger partial charge in [0.05, 0.1) is 35.0 Å². The van der Waals surface area contributed by atoms with Crippen molar-refractivity contribution >= 4 is 56.2 Å². The van der Waals surface area contributed by atoms with Crippen molar-refractivity contribution in [1.29, 1.82) is 0 Å². The van der Waals surface area contributed by atoms with Gasteiger partial charge in [-0.15, -0.1) is 0 Å². The molecule has 4 aromatic rings. The van der Waals surface area contributed by atoms with Crippen LogP contribution in [-0.2, 0) is 9.53 Å². The van der Waals surface area contributed by atoms with Gasteiger partial charge in [-0.2, -0.15) is 0 Å².